The summed E-state index contributed by atoms with van der Waals surface area (Å²) < 4.78 is 33.5. The molecule has 1 fully saturated rings. The molecule has 0 radical (unpaired) electrons. The minimum atomic E-state index is -2.90. The Bertz CT molecular complexity index is 572. The van der Waals surface area contributed by atoms with E-state index in [2.05, 4.69) is 0 Å². The van der Waals surface area contributed by atoms with Crippen LogP contribution in [0.2, 0.25) is 0 Å². The van der Waals surface area contributed by atoms with Crippen LogP contribution in [-0.2, 0) is 9.84 Å². The molecular weight excluding hydrogens is 306 g/mol. The molecule has 2 rings (SSSR count). The summed E-state index contributed by atoms with van der Waals surface area (Å²) in [5.74, 6) is 1.82. The summed E-state index contributed by atoms with van der Waals surface area (Å²) in [7, 11) is 0.527. The highest BCUT2D eigenvalue weighted by molar-refractivity contribution is 7.91. The molecule has 6 nitrogen and oxygen atoms in total. The fourth-order valence-electron chi connectivity index (χ4n) is 2.52. The number of likely N-dealkylation sites (N-methyl/N-ethyl adjacent to an activating group) is 1. The van der Waals surface area contributed by atoms with Crippen LogP contribution in [0, 0.1) is 0 Å². The van der Waals surface area contributed by atoms with Crippen LogP contribution in [0.15, 0.2) is 24.3 Å². The maximum absolute atomic E-state index is 11.5. The Morgan fingerprint density at radius 3 is 2.50 bits per heavy atom. The fourth-order valence-corrected chi connectivity index (χ4v) is 4.33. The number of methoxy groups -OCH3 is 1. The molecule has 2 atom stereocenters. The van der Waals surface area contributed by atoms with Crippen LogP contribution in [0.3, 0.4) is 0 Å². The van der Waals surface area contributed by atoms with Gasteiger partial charge in [-0.3, -0.25) is 4.90 Å². The Hall–Kier alpha value is -1.31. The molecule has 7 heteroatoms. The third-order valence-corrected chi connectivity index (χ3v) is 5.58. The number of rotatable bonds is 7. The summed E-state index contributed by atoms with van der Waals surface area (Å²) in [6.07, 6.45) is -0.0411. The van der Waals surface area contributed by atoms with Crippen molar-refractivity contribution in [2.45, 2.75) is 18.6 Å². The molecule has 0 spiro atoms. The lowest BCUT2D eigenvalue weighted by Gasteiger charge is -2.25. The predicted octanol–water partition coefficient (Wildman–Crippen LogP) is 0.554. The molecule has 1 saturated heterocycles. The number of benzene rings is 1. The third kappa shape index (κ3) is 4.86. The molecule has 0 aromatic heterocycles. The lowest BCUT2D eigenvalue weighted by molar-refractivity contribution is 0.0664. The summed E-state index contributed by atoms with van der Waals surface area (Å²) in [6.45, 7) is 0.548. The molecule has 1 N–H and O–H groups in total. The summed E-state index contributed by atoms with van der Waals surface area (Å²) in [4.78, 5) is 1.90. The number of aliphatic hydroxyl groups excluding tert-OH is 1. The molecule has 0 aliphatic carbocycles. The Labute approximate surface area is 131 Å². The lowest BCUT2D eigenvalue weighted by Crippen LogP contribution is -2.40. The lowest BCUT2D eigenvalue weighted by atomic mass is 10.2. The molecule has 1 heterocycles. The Morgan fingerprint density at radius 2 is 1.95 bits per heavy atom. The van der Waals surface area contributed by atoms with Crippen LogP contribution in [0.4, 0.5) is 0 Å². The highest BCUT2D eigenvalue weighted by Crippen LogP contribution is 2.18. The van der Waals surface area contributed by atoms with E-state index in [0.717, 1.165) is 5.75 Å². The SMILES string of the molecule is COc1ccc(OC[C@H](O)CN(C)[C@H]2CCS(=O)(=O)C2)cc1. The second-order valence-corrected chi connectivity index (χ2v) is 7.87. The zero-order valence-electron chi connectivity index (χ0n) is 12.9. The van der Waals surface area contributed by atoms with Crippen molar-refractivity contribution in [2.75, 3.05) is 38.8 Å². The van der Waals surface area contributed by atoms with Gasteiger partial charge < -0.3 is 14.6 Å². The summed E-state index contributed by atoms with van der Waals surface area (Å²) >= 11 is 0. The first-order chi connectivity index (χ1) is 10.4. The molecular formula is C15H23NO5S. The van der Waals surface area contributed by atoms with Crippen molar-refractivity contribution in [1.82, 2.24) is 4.90 Å². The van der Waals surface area contributed by atoms with Gasteiger partial charge in [-0.25, -0.2) is 8.42 Å². The van der Waals surface area contributed by atoms with Gasteiger partial charge in [0.1, 0.15) is 24.2 Å². The first-order valence-electron chi connectivity index (χ1n) is 7.25. The van der Waals surface area contributed by atoms with Crippen molar-refractivity contribution in [2.24, 2.45) is 0 Å². The topological polar surface area (TPSA) is 76.1 Å². The van der Waals surface area contributed by atoms with Gasteiger partial charge in [0.25, 0.3) is 0 Å². The van der Waals surface area contributed by atoms with Gasteiger partial charge in [0.05, 0.1) is 18.6 Å². The second kappa shape index (κ2) is 7.30. The van der Waals surface area contributed by atoms with E-state index in [0.29, 0.717) is 18.7 Å². The molecule has 0 unspecified atom stereocenters. The Balaban J connectivity index is 1.76. The van der Waals surface area contributed by atoms with Gasteiger partial charge in [-0.2, -0.15) is 0 Å². The summed E-state index contributed by atoms with van der Waals surface area (Å²) in [5.41, 5.74) is 0. The summed E-state index contributed by atoms with van der Waals surface area (Å²) in [5, 5.41) is 10.0. The van der Waals surface area contributed by atoms with E-state index in [1.165, 1.54) is 0 Å². The molecule has 1 aliphatic rings. The molecule has 1 aromatic carbocycles. The molecule has 0 bridgehead atoms. The molecule has 0 saturated carbocycles. The van der Waals surface area contributed by atoms with E-state index >= 15 is 0 Å². The highest BCUT2D eigenvalue weighted by Gasteiger charge is 2.31. The van der Waals surface area contributed by atoms with Crippen LogP contribution in [-0.4, -0.2) is 69.4 Å². The Morgan fingerprint density at radius 1 is 1.32 bits per heavy atom. The number of hydrogen-bond donors (Lipinski definition) is 1. The monoisotopic (exact) mass is 329 g/mol. The molecule has 1 aromatic rings. The fraction of sp³-hybridized carbons (Fsp3) is 0.600. The van der Waals surface area contributed by atoms with Crippen molar-refractivity contribution in [3.8, 4) is 11.5 Å². The number of nitrogens with zero attached hydrogens (tertiary/aromatic N) is 1. The number of hydrogen-bond acceptors (Lipinski definition) is 6. The van der Waals surface area contributed by atoms with E-state index in [4.69, 9.17) is 9.47 Å². The minimum Gasteiger partial charge on any atom is -0.497 e. The van der Waals surface area contributed by atoms with Crippen molar-refractivity contribution in [1.29, 1.82) is 0 Å². The molecule has 22 heavy (non-hydrogen) atoms. The highest BCUT2D eigenvalue weighted by atomic mass is 32.2. The standard InChI is InChI=1S/C15H23NO5S/c1-16(12-7-8-22(18,19)11-12)9-13(17)10-21-15-5-3-14(20-2)4-6-15/h3-6,12-13,17H,7-11H2,1-2H3/t12-,13+/m0/s1. The van der Waals surface area contributed by atoms with Crippen LogP contribution >= 0.6 is 0 Å². The zero-order chi connectivity index (χ0) is 16.2. The number of sulfone groups is 1. The maximum Gasteiger partial charge on any atom is 0.151 e. The summed E-state index contributed by atoms with van der Waals surface area (Å²) in [6, 6.07) is 7.12. The van der Waals surface area contributed by atoms with Gasteiger partial charge >= 0.3 is 0 Å². The van der Waals surface area contributed by atoms with Gasteiger partial charge in [0, 0.05) is 12.6 Å². The van der Waals surface area contributed by atoms with Gasteiger partial charge in [-0.1, -0.05) is 0 Å². The molecule has 0 amide bonds. The predicted molar refractivity (Wildman–Crippen MR) is 84.2 cm³/mol. The van der Waals surface area contributed by atoms with E-state index in [-0.39, 0.29) is 24.2 Å². The van der Waals surface area contributed by atoms with Gasteiger partial charge in [-0.05, 0) is 37.7 Å². The molecule has 124 valence electrons. The zero-order valence-corrected chi connectivity index (χ0v) is 13.8. The maximum atomic E-state index is 11.5. The van der Waals surface area contributed by atoms with Gasteiger partial charge in [0.15, 0.2) is 9.84 Å². The quantitative estimate of drug-likeness (QED) is 0.787. The van der Waals surface area contributed by atoms with E-state index in [1.807, 2.05) is 11.9 Å². The largest absolute Gasteiger partial charge is 0.497 e. The first kappa shape index (κ1) is 17.1. The third-order valence-electron chi connectivity index (χ3n) is 3.83. The average Bonchev–Trinajstić information content (AvgIpc) is 2.86. The number of aliphatic hydroxyl groups is 1. The van der Waals surface area contributed by atoms with E-state index in [1.54, 1.807) is 31.4 Å². The van der Waals surface area contributed by atoms with E-state index < -0.39 is 15.9 Å². The van der Waals surface area contributed by atoms with Crippen molar-refractivity contribution < 1.29 is 23.0 Å². The van der Waals surface area contributed by atoms with Crippen LogP contribution in [0.25, 0.3) is 0 Å². The van der Waals surface area contributed by atoms with Crippen LogP contribution in [0.5, 0.6) is 11.5 Å². The van der Waals surface area contributed by atoms with Crippen molar-refractivity contribution >= 4 is 9.84 Å². The van der Waals surface area contributed by atoms with E-state index in [9.17, 15) is 13.5 Å². The minimum absolute atomic E-state index is 0.0133. The van der Waals surface area contributed by atoms with Crippen molar-refractivity contribution in [3.05, 3.63) is 24.3 Å². The normalized spacial score (nSPS) is 21.7. The van der Waals surface area contributed by atoms with Crippen LogP contribution in [0.1, 0.15) is 6.42 Å². The average molecular weight is 329 g/mol. The van der Waals surface area contributed by atoms with Gasteiger partial charge in [0.2, 0.25) is 0 Å². The Kier molecular flexibility index (Phi) is 5.66. The second-order valence-electron chi connectivity index (χ2n) is 5.64. The van der Waals surface area contributed by atoms with Crippen LogP contribution < -0.4 is 9.47 Å². The molecule has 1 aliphatic heterocycles. The first-order valence-corrected chi connectivity index (χ1v) is 9.07. The van der Waals surface area contributed by atoms with Gasteiger partial charge in [-0.15, -0.1) is 0 Å². The smallest absolute Gasteiger partial charge is 0.151 e. The van der Waals surface area contributed by atoms with Crippen molar-refractivity contribution in [3.63, 3.8) is 0 Å². The number of ether oxygens (including phenoxy) is 2.